The summed E-state index contributed by atoms with van der Waals surface area (Å²) in [6.45, 7) is 15.1. The van der Waals surface area contributed by atoms with Gasteiger partial charge in [-0.1, -0.05) is 53.2 Å². The third kappa shape index (κ3) is 3.34. The molecule has 0 aromatic rings. The van der Waals surface area contributed by atoms with Gasteiger partial charge in [0.2, 0.25) is 5.91 Å². The molecule has 0 radical (unpaired) electrons. The Morgan fingerprint density at radius 3 is 2.37 bits per heavy atom. The van der Waals surface area contributed by atoms with Crippen molar-refractivity contribution in [2.24, 2.45) is 51.2 Å². The van der Waals surface area contributed by atoms with Crippen LogP contribution >= 0.6 is 0 Å². The van der Waals surface area contributed by atoms with Crippen LogP contribution in [0.15, 0.2) is 11.6 Å². The molecular formula is C32H51NO2. The van der Waals surface area contributed by atoms with E-state index in [1.807, 2.05) is 0 Å². The number of hydrogen-bond acceptors (Lipinski definition) is 2. The lowest BCUT2D eigenvalue weighted by atomic mass is 9.35. The zero-order valence-corrected chi connectivity index (χ0v) is 23.4. The van der Waals surface area contributed by atoms with Crippen molar-refractivity contribution in [1.82, 2.24) is 5.32 Å². The summed E-state index contributed by atoms with van der Waals surface area (Å²) < 4.78 is 0. The van der Waals surface area contributed by atoms with E-state index in [2.05, 4.69) is 52.9 Å². The van der Waals surface area contributed by atoms with Crippen LogP contribution < -0.4 is 5.32 Å². The van der Waals surface area contributed by atoms with Gasteiger partial charge < -0.3 is 10.4 Å². The van der Waals surface area contributed by atoms with Gasteiger partial charge in [-0.15, -0.1) is 0 Å². The van der Waals surface area contributed by atoms with Crippen molar-refractivity contribution in [3.8, 4) is 0 Å². The largest absolute Gasteiger partial charge is 0.393 e. The summed E-state index contributed by atoms with van der Waals surface area (Å²) in [4.78, 5) is 13.1. The second-order valence-corrected chi connectivity index (χ2v) is 15.7. The summed E-state index contributed by atoms with van der Waals surface area (Å²) >= 11 is 0. The van der Waals surface area contributed by atoms with E-state index in [0.29, 0.717) is 45.8 Å². The Labute approximate surface area is 214 Å². The van der Waals surface area contributed by atoms with Crippen LogP contribution in [0.1, 0.15) is 119 Å². The van der Waals surface area contributed by atoms with Crippen LogP contribution in [-0.4, -0.2) is 22.7 Å². The van der Waals surface area contributed by atoms with E-state index < -0.39 is 0 Å². The highest BCUT2D eigenvalue weighted by Gasteiger charge is 2.67. The van der Waals surface area contributed by atoms with Gasteiger partial charge in [-0.25, -0.2) is 0 Å². The Morgan fingerprint density at radius 2 is 1.66 bits per heavy atom. The molecule has 35 heavy (non-hydrogen) atoms. The van der Waals surface area contributed by atoms with E-state index in [9.17, 15) is 9.90 Å². The molecule has 6 rings (SSSR count). The summed E-state index contributed by atoms with van der Waals surface area (Å²) in [5.74, 6) is 2.89. The first-order valence-corrected chi connectivity index (χ1v) is 15.1. The summed E-state index contributed by atoms with van der Waals surface area (Å²) in [7, 11) is 0. The number of aliphatic hydroxyl groups excluding tert-OH is 1. The first-order chi connectivity index (χ1) is 16.4. The molecule has 3 nitrogen and oxygen atoms in total. The highest BCUT2D eigenvalue weighted by molar-refractivity contribution is 5.81. The minimum atomic E-state index is -0.113. The van der Waals surface area contributed by atoms with Crippen molar-refractivity contribution >= 4 is 5.91 Å². The fourth-order valence-corrected chi connectivity index (χ4v) is 10.8. The van der Waals surface area contributed by atoms with Crippen LogP contribution in [0.5, 0.6) is 0 Å². The Morgan fingerprint density at radius 1 is 0.943 bits per heavy atom. The minimum Gasteiger partial charge on any atom is -0.393 e. The standard InChI is InChI=1S/C32H51NO2/c1-20-22-11-14-31(6)26(29(22,4)13-12-25(20)34)10-9-23-24-19-28(2,3)15-17-32(24,18-16-30(23,31)5)33-27(35)21-7-8-21/h9,20-22,24-26,34H,7-8,10-19H2,1-6H3,(H,33,35). The fourth-order valence-electron chi connectivity index (χ4n) is 10.8. The highest BCUT2D eigenvalue weighted by atomic mass is 16.3. The monoisotopic (exact) mass is 481 g/mol. The van der Waals surface area contributed by atoms with E-state index in [-0.39, 0.29) is 23.0 Å². The summed E-state index contributed by atoms with van der Waals surface area (Å²) in [6.07, 6.45) is 16.6. The Kier molecular flexibility index (Phi) is 5.33. The van der Waals surface area contributed by atoms with E-state index in [1.165, 1.54) is 44.9 Å². The van der Waals surface area contributed by atoms with Crippen molar-refractivity contribution in [3.05, 3.63) is 11.6 Å². The number of aliphatic hydroxyl groups is 1. The molecule has 0 heterocycles. The average Bonchev–Trinajstić information content (AvgIpc) is 3.63. The van der Waals surface area contributed by atoms with Crippen LogP contribution in [0.3, 0.4) is 0 Å². The maximum atomic E-state index is 13.1. The Bertz CT molecular complexity index is 934. The number of hydrogen-bond donors (Lipinski definition) is 2. The van der Waals surface area contributed by atoms with Gasteiger partial charge in [-0.3, -0.25) is 4.79 Å². The van der Waals surface area contributed by atoms with Gasteiger partial charge in [-0.2, -0.15) is 0 Å². The molecule has 2 N–H and O–H groups in total. The topological polar surface area (TPSA) is 49.3 Å². The number of carbonyl (C=O) groups excluding carboxylic acids is 1. The Balaban J connectivity index is 1.39. The molecule has 5 fully saturated rings. The van der Waals surface area contributed by atoms with Gasteiger partial charge in [0.1, 0.15) is 0 Å². The number of allylic oxidation sites excluding steroid dienone is 1. The number of rotatable bonds is 2. The van der Waals surface area contributed by atoms with Gasteiger partial charge in [0.15, 0.2) is 0 Å². The van der Waals surface area contributed by atoms with E-state index in [1.54, 1.807) is 5.57 Å². The molecule has 0 bridgehead atoms. The maximum absolute atomic E-state index is 13.1. The molecule has 6 aliphatic rings. The first kappa shape index (κ1) is 24.5. The highest BCUT2D eigenvalue weighted by Crippen LogP contribution is 2.73. The Hall–Kier alpha value is -0.830. The van der Waals surface area contributed by atoms with Gasteiger partial charge in [0, 0.05) is 17.4 Å². The number of carbonyl (C=O) groups is 1. The lowest BCUT2D eigenvalue weighted by molar-refractivity contribution is -0.177. The molecule has 196 valence electrons. The van der Waals surface area contributed by atoms with Crippen LogP contribution in [0, 0.1) is 51.2 Å². The smallest absolute Gasteiger partial charge is 0.223 e. The summed E-state index contributed by atoms with van der Waals surface area (Å²) in [6, 6.07) is 0. The lowest BCUT2D eigenvalue weighted by Gasteiger charge is -2.70. The molecule has 0 aromatic heterocycles. The molecule has 1 amide bonds. The van der Waals surface area contributed by atoms with Crippen LogP contribution in [0.4, 0.5) is 0 Å². The molecule has 3 heteroatoms. The third-order valence-electron chi connectivity index (χ3n) is 13.5. The summed E-state index contributed by atoms with van der Waals surface area (Å²) in [5, 5.41) is 14.4. The molecule has 0 saturated heterocycles. The van der Waals surface area contributed by atoms with Crippen LogP contribution in [-0.2, 0) is 4.79 Å². The zero-order chi connectivity index (χ0) is 25.0. The van der Waals surface area contributed by atoms with Gasteiger partial charge in [-0.05, 0) is 116 Å². The second kappa shape index (κ2) is 7.61. The lowest BCUT2D eigenvalue weighted by Crippen LogP contribution is -2.67. The van der Waals surface area contributed by atoms with Gasteiger partial charge >= 0.3 is 0 Å². The number of amides is 1. The fraction of sp³-hybridized carbons (Fsp3) is 0.906. The molecule has 0 spiro atoms. The normalized spacial score (nSPS) is 52.8. The second-order valence-electron chi connectivity index (χ2n) is 15.7. The van der Waals surface area contributed by atoms with Gasteiger partial charge in [0.25, 0.3) is 0 Å². The van der Waals surface area contributed by atoms with Crippen molar-refractivity contribution in [2.45, 2.75) is 130 Å². The molecule has 5 saturated carbocycles. The molecular weight excluding hydrogens is 430 g/mol. The predicted octanol–water partition coefficient (Wildman–Crippen LogP) is 7.04. The van der Waals surface area contributed by atoms with E-state index in [0.717, 1.165) is 32.1 Å². The molecule has 6 aliphatic carbocycles. The van der Waals surface area contributed by atoms with E-state index >= 15 is 0 Å². The van der Waals surface area contributed by atoms with Crippen LogP contribution in [0.25, 0.3) is 0 Å². The average molecular weight is 482 g/mol. The summed E-state index contributed by atoms with van der Waals surface area (Å²) in [5.41, 5.74) is 2.89. The van der Waals surface area contributed by atoms with Crippen molar-refractivity contribution in [2.75, 3.05) is 0 Å². The molecule has 9 unspecified atom stereocenters. The van der Waals surface area contributed by atoms with Gasteiger partial charge in [0.05, 0.1) is 6.10 Å². The third-order valence-corrected chi connectivity index (χ3v) is 13.5. The predicted molar refractivity (Wildman–Crippen MR) is 142 cm³/mol. The number of fused-ring (bicyclic) bond motifs is 7. The zero-order valence-electron chi connectivity index (χ0n) is 23.4. The van der Waals surface area contributed by atoms with Crippen molar-refractivity contribution in [1.29, 1.82) is 0 Å². The maximum Gasteiger partial charge on any atom is 0.223 e. The quantitative estimate of drug-likeness (QED) is 0.416. The molecule has 9 atom stereocenters. The molecule has 0 aliphatic heterocycles. The first-order valence-electron chi connectivity index (χ1n) is 15.1. The SMILES string of the molecule is CC1C(O)CCC2(C)C1CCC1(C)C2CC=C2C3CC(C)(C)CCC3(NC(=O)C3CC3)CCC21C. The minimum absolute atomic E-state index is 0.0195. The van der Waals surface area contributed by atoms with Crippen molar-refractivity contribution in [3.63, 3.8) is 0 Å². The molecule has 0 aromatic carbocycles. The van der Waals surface area contributed by atoms with Crippen molar-refractivity contribution < 1.29 is 9.90 Å². The van der Waals surface area contributed by atoms with E-state index in [4.69, 9.17) is 0 Å². The van der Waals surface area contributed by atoms with Crippen LogP contribution in [0.2, 0.25) is 0 Å². The number of nitrogens with one attached hydrogen (secondary N) is 1.